The molecule has 0 aromatic heterocycles. The summed E-state index contributed by atoms with van der Waals surface area (Å²) in [6, 6.07) is 18.7. The highest BCUT2D eigenvalue weighted by molar-refractivity contribution is 7.89. The lowest BCUT2D eigenvalue weighted by atomic mass is 10.1. The topological polar surface area (TPSA) is 40.6 Å². The largest absolute Gasteiger partial charge is 0.368 e. The van der Waals surface area contributed by atoms with Gasteiger partial charge in [0.05, 0.1) is 4.90 Å². The first-order valence-corrected chi connectivity index (χ1v) is 10.3. The monoisotopic (exact) mass is 360 g/mol. The van der Waals surface area contributed by atoms with Gasteiger partial charge in [-0.25, -0.2) is 8.42 Å². The highest BCUT2D eigenvalue weighted by Crippen LogP contribution is 2.27. The van der Waals surface area contributed by atoms with Crippen molar-refractivity contribution in [2.24, 2.45) is 0 Å². The standard InChI is InChI=1S/C18H22N2O2S.C2H6/c1-15-13-19(17-9-5-3-6-10-17)14-16(2)20(15)23(21,22)18-11-7-4-8-12-18;1-2/h3-12,15-16H,13-14H2,1-2H3;1-2H3. The van der Waals surface area contributed by atoms with Crippen LogP contribution in [0.2, 0.25) is 0 Å². The summed E-state index contributed by atoms with van der Waals surface area (Å²) in [6.07, 6.45) is 0. The van der Waals surface area contributed by atoms with Crippen LogP contribution in [0.1, 0.15) is 27.7 Å². The van der Waals surface area contributed by atoms with E-state index in [-0.39, 0.29) is 12.1 Å². The lowest BCUT2D eigenvalue weighted by Crippen LogP contribution is -2.58. The second-order valence-corrected chi connectivity index (χ2v) is 7.93. The van der Waals surface area contributed by atoms with Crippen LogP contribution in [0.4, 0.5) is 5.69 Å². The summed E-state index contributed by atoms with van der Waals surface area (Å²) in [5, 5.41) is 0. The SMILES string of the molecule is CC.CC1CN(c2ccccc2)CC(C)N1S(=O)(=O)c1ccccc1. The Kier molecular flexibility index (Phi) is 6.62. The minimum absolute atomic E-state index is 0.0795. The molecule has 0 aliphatic carbocycles. The van der Waals surface area contributed by atoms with E-state index in [1.165, 1.54) is 0 Å². The summed E-state index contributed by atoms with van der Waals surface area (Å²) in [5.41, 5.74) is 1.14. The van der Waals surface area contributed by atoms with E-state index in [0.717, 1.165) is 5.69 Å². The first-order chi connectivity index (χ1) is 12.0. The van der Waals surface area contributed by atoms with Crippen LogP contribution >= 0.6 is 0 Å². The molecule has 1 aliphatic heterocycles. The molecule has 0 bridgehead atoms. The summed E-state index contributed by atoms with van der Waals surface area (Å²) < 4.78 is 27.6. The van der Waals surface area contributed by atoms with Gasteiger partial charge >= 0.3 is 0 Å². The van der Waals surface area contributed by atoms with Gasteiger partial charge in [0.2, 0.25) is 10.0 Å². The molecule has 1 aliphatic rings. The number of nitrogens with zero attached hydrogens (tertiary/aromatic N) is 2. The number of rotatable bonds is 3. The lowest BCUT2D eigenvalue weighted by molar-refractivity contribution is 0.241. The van der Waals surface area contributed by atoms with Gasteiger partial charge in [-0.1, -0.05) is 50.2 Å². The fourth-order valence-corrected chi connectivity index (χ4v) is 5.17. The number of anilines is 1. The van der Waals surface area contributed by atoms with Crippen molar-refractivity contribution in [3.05, 3.63) is 60.7 Å². The Hall–Kier alpha value is -1.85. The smallest absolute Gasteiger partial charge is 0.243 e. The van der Waals surface area contributed by atoms with Crippen molar-refractivity contribution < 1.29 is 8.42 Å². The van der Waals surface area contributed by atoms with Crippen LogP contribution in [-0.4, -0.2) is 37.9 Å². The molecule has 0 N–H and O–H groups in total. The molecule has 0 amide bonds. The van der Waals surface area contributed by atoms with Gasteiger partial charge in [0, 0.05) is 30.9 Å². The van der Waals surface area contributed by atoms with Crippen LogP contribution < -0.4 is 4.90 Å². The number of benzene rings is 2. The van der Waals surface area contributed by atoms with Gasteiger partial charge in [-0.2, -0.15) is 4.31 Å². The van der Waals surface area contributed by atoms with Crippen molar-refractivity contribution in [1.82, 2.24) is 4.31 Å². The summed E-state index contributed by atoms with van der Waals surface area (Å²) in [4.78, 5) is 2.62. The van der Waals surface area contributed by atoms with Crippen LogP contribution in [0.3, 0.4) is 0 Å². The third-order valence-electron chi connectivity index (χ3n) is 4.28. The van der Waals surface area contributed by atoms with Crippen molar-refractivity contribution >= 4 is 15.7 Å². The van der Waals surface area contributed by atoms with Crippen LogP contribution in [0.25, 0.3) is 0 Å². The van der Waals surface area contributed by atoms with Crippen molar-refractivity contribution in [1.29, 1.82) is 0 Å². The van der Waals surface area contributed by atoms with E-state index in [2.05, 4.69) is 17.0 Å². The molecule has 2 atom stereocenters. The van der Waals surface area contributed by atoms with E-state index >= 15 is 0 Å². The Morgan fingerprint density at radius 2 is 1.24 bits per heavy atom. The van der Waals surface area contributed by atoms with Crippen LogP contribution in [0, 0.1) is 0 Å². The molecule has 1 saturated heterocycles. The Morgan fingerprint density at radius 1 is 0.800 bits per heavy atom. The molecule has 5 heteroatoms. The van der Waals surface area contributed by atoms with Gasteiger partial charge in [-0.3, -0.25) is 0 Å². The van der Waals surface area contributed by atoms with Crippen molar-refractivity contribution in [3.63, 3.8) is 0 Å². The zero-order chi connectivity index (χ0) is 18.4. The number of hydrogen-bond acceptors (Lipinski definition) is 3. The first kappa shape index (κ1) is 19.5. The van der Waals surface area contributed by atoms with E-state index < -0.39 is 10.0 Å². The summed E-state index contributed by atoms with van der Waals surface area (Å²) in [6.45, 7) is 9.35. The second kappa shape index (κ2) is 8.50. The molecule has 3 rings (SSSR count). The van der Waals surface area contributed by atoms with E-state index in [0.29, 0.717) is 18.0 Å². The molecule has 2 aromatic rings. The van der Waals surface area contributed by atoms with Gasteiger partial charge in [0.1, 0.15) is 0 Å². The fraction of sp³-hybridized carbons (Fsp3) is 0.400. The molecule has 0 radical (unpaired) electrons. The Morgan fingerprint density at radius 3 is 1.72 bits per heavy atom. The minimum atomic E-state index is -3.46. The number of sulfonamides is 1. The molecule has 2 aromatic carbocycles. The van der Waals surface area contributed by atoms with Crippen LogP contribution in [0.5, 0.6) is 0 Å². The molecule has 0 saturated carbocycles. The zero-order valence-electron chi connectivity index (χ0n) is 15.5. The fourth-order valence-electron chi connectivity index (χ4n) is 3.35. The Labute approximate surface area is 152 Å². The van der Waals surface area contributed by atoms with E-state index in [1.807, 2.05) is 52.0 Å². The maximum Gasteiger partial charge on any atom is 0.243 e. The molecular formula is C20H28N2O2S. The molecule has 1 heterocycles. The molecule has 2 unspecified atom stereocenters. The molecule has 25 heavy (non-hydrogen) atoms. The maximum atomic E-state index is 13.0. The summed E-state index contributed by atoms with van der Waals surface area (Å²) in [7, 11) is -3.46. The van der Waals surface area contributed by atoms with Gasteiger partial charge in [-0.05, 0) is 38.1 Å². The summed E-state index contributed by atoms with van der Waals surface area (Å²) >= 11 is 0. The minimum Gasteiger partial charge on any atom is -0.368 e. The summed E-state index contributed by atoms with van der Waals surface area (Å²) in [5.74, 6) is 0. The normalized spacial score (nSPS) is 21.4. The van der Waals surface area contributed by atoms with Gasteiger partial charge in [0.15, 0.2) is 0 Å². The third kappa shape index (κ3) is 4.22. The predicted octanol–water partition coefficient (Wildman–Crippen LogP) is 4.00. The van der Waals surface area contributed by atoms with Crippen molar-refractivity contribution in [2.45, 2.75) is 44.7 Å². The predicted molar refractivity (Wildman–Crippen MR) is 104 cm³/mol. The van der Waals surface area contributed by atoms with Crippen molar-refractivity contribution in [2.75, 3.05) is 18.0 Å². The quantitative estimate of drug-likeness (QED) is 0.831. The first-order valence-electron chi connectivity index (χ1n) is 8.89. The Bertz CT molecular complexity index is 736. The lowest BCUT2D eigenvalue weighted by Gasteiger charge is -2.44. The van der Waals surface area contributed by atoms with Crippen molar-refractivity contribution in [3.8, 4) is 0 Å². The highest BCUT2D eigenvalue weighted by atomic mass is 32.2. The molecule has 0 spiro atoms. The highest BCUT2D eigenvalue weighted by Gasteiger charge is 2.38. The average Bonchev–Trinajstić information content (AvgIpc) is 2.64. The average molecular weight is 361 g/mol. The molecule has 136 valence electrons. The third-order valence-corrected chi connectivity index (χ3v) is 6.42. The van der Waals surface area contributed by atoms with E-state index in [4.69, 9.17) is 0 Å². The molecular weight excluding hydrogens is 332 g/mol. The van der Waals surface area contributed by atoms with Crippen LogP contribution in [-0.2, 0) is 10.0 Å². The van der Waals surface area contributed by atoms with E-state index in [1.54, 1.807) is 28.6 Å². The Balaban J connectivity index is 0.00000109. The maximum absolute atomic E-state index is 13.0. The van der Waals surface area contributed by atoms with Gasteiger partial charge in [0.25, 0.3) is 0 Å². The number of para-hydroxylation sites is 1. The van der Waals surface area contributed by atoms with Crippen LogP contribution in [0.15, 0.2) is 65.6 Å². The van der Waals surface area contributed by atoms with Gasteiger partial charge < -0.3 is 4.90 Å². The number of hydrogen-bond donors (Lipinski definition) is 0. The second-order valence-electron chi connectivity index (χ2n) is 6.09. The zero-order valence-corrected chi connectivity index (χ0v) is 16.3. The van der Waals surface area contributed by atoms with E-state index in [9.17, 15) is 8.42 Å². The number of piperazine rings is 1. The van der Waals surface area contributed by atoms with Gasteiger partial charge in [-0.15, -0.1) is 0 Å². The molecule has 1 fully saturated rings. The molecule has 4 nitrogen and oxygen atoms in total.